The minimum Gasteiger partial charge on any atom is -0.375 e. The van der Waals surface area contributed by atoms with Crippen LogP contribution >= 0.6 is 0 Å². The number of ether oxygens (including phenoxy) is 1. The highest BCUT2D eigenvalue weighted by atomic mass is 16.5. The number of hydrogen-bond donors (Lipinski definition) is 0. The molecule has 0 spiro atoms. The highest BCUT2D eigenvalue weighted by Crippen LogP contribution is 2.19. The fraction of sp³-hybridized carbons (Fsp3) is 0.526. The topological polar surface area (TPSA) is 71.7 Å². The zero-order valence-corrected chi connectivity index (χ0v) is 15.6. The highest BCUT2D eigenvalue weighted by Gasteiger charge is 2.25. The predicted molar refractivity (Wildman–Crippen MR) is 97.3 cm³/mol. The molecule has 0 saturated carbocycles. The lowest BCUT2D eigenvalue weighted by Gasteiger charge is -2.35. The average molecular weight is 358 g/mol. The standard InChI is InChI=1S/C19H26N4O3/c1-14(2)23-7-8-25-16(13-23)10-19(24)22(3)12-17-9-18(21-26-17)15-5-4-6-20-11-15/h4-6,9,11,14,16H,7-8,10,12-13H2,1-3H3/t16-/m0/s1. The van der Waals surface area contributed by atoms with Crippen molar-refractivity contribution in [1.82, 2.24) is 19.9 Å². The number of hydrogen-bond acceptors (Lipinski definition) is 6. The molecule has 26 heavy (non-hydrogen) atoms. The summed E-state index contributed by atoms with van der Waals surface area (Å²) in [7, 11) is 1.78. The van der Waals surface area contributed by atoms with Crippen LogP contribution in [0.2, 0.25) is 0 Å². The normalized spacial score (nSPS) is 18.2. The summed E-state index contributed by atoms with van der Waals surface area (Å²) in [6, 6.07) is 6.08. The number of pyridine rings is 1. The highest BCUT2D eigenvalue weighted by molar-refractivity contribution is 5.76. The zero-order valence-electron chi connectivity index (χ0n) is 15.6. The van der Waals surface area contributed by atoms with Crippen LogP contribution in [-0.2, 0) is 16.1 Å². The number of carbonyl (C=O) groups is 1. The van der Waals surface area contributed by atoms with Crippen molar-refractivity contribution >= 4 is 5.91 Å². The monoisotopic (exact) mass is 358 g/mol. The lowest BCUT2D eigenvalue weighted by atomic mass is 10.1. The first kappa shape index (κ1) is 18.5. The van der Waals surface area contributed by atoms with Gasteiger partial charge in [-0.15, -0.1) is 0 Å². The van der Waals surface area contributed by atoms with Gasteiger partial charge in [-0.2, -0.15) is 0 Å². The van der Waals surface area contributed by atoms with Crippen LogP contribution in [0, 0.1) is 0 Å². The van der Waals surface area contributed by atoms with E-state index < -0.39 is 0 Å². The average Bonchev–Trinajstić information content (AvgIpc) is 3.11. The van der Waals surface area contributed by atoms with Crippen molar-refractivity contribution in [2.75, 3.05) is 26.7 Å². The van der Waals surface area contributed by atoms with Crippen LogP contribution in [0.1, 0.15) is 26.0 Å². The Hall–Kier alpha value is -2.25. The molecule has 1 fully saturated rings. The third kappa shape index (κ3) is 4.68. The van der Waals surface area contributed by atoms with Gasteiger partial charge in [-0.25, -0.2) is 0 Å². The van der Waals surface area contributed by atoms with E-state index in [1.807, 2.05) is 18.2 Å². The number of rotatable bonds is 6. The number of morpholine rings is 1. The van der Waals surface area contributed by atoms with Crippen molar-refractivity contribution in [3.05, 3.63) is 36.4 Å². The quantitative estimate of drug-likeness (QED) is 0.788. The van der Waals surface area contributed by atoms with E-state index in [0.717, 1.165) is 24.3 Å². The van der Waals surface area contributed by atoms with Gasteiger partial charge in [-0.05, 0) is 26.0 Å². The first-order valence-electron chi connectivity index (χ1n) is 8.98. The molecule has 1 saturated heterocycles. The van der Waals surface area contributed by atoms with Gasteiger partial charge in [-0.3, -0.25) is 14.7 Å². The van der Waals surface area contributed by atoms with Gasteiger partial charge in [0.25, 0.3) is 0 Å². The van der Waals surface area contributed by atoms with Crippen molar-refractivity contribution in [3.63, 3.8) is 0 Å². The molecular formula is C19H26N4O3. The van der Waals surface area contributed by atoms with Gasteiger partial charge in [0.05, 0.1) is 25.7 Å². The van der Waals surface area contributed by atoms with E-state index in [9.17, 15) is 4.79 Å². The largest absolute Gasteiger partial charge is 0.375 e. The fourth-order valence-electron chi connectivity index (χ4n) is 3.05. The Labute approximate surface area is 153 Å². The molecule has 3 heterocycles. The third-order valence-electron chi connectivity index (χ3n) is 4.64. The molecule has 0 radical (unpaired) electrons. The van der Waals surface area contributed by atoms with Crippen molar-refractivity contribution in [2.45, 2.75) is 39.0 Å². The van der Waals surface area contributed by atoms with E-state index in [0.29, 0.717) is 31.4 Å². The first-order valence-corrected chi connectivity index (χ1v) is 8.98. The Morgan fingerprint density at radius 3 is 3.04 bits per heavy atom. The van der Waals surface area contributed by atoms with Gasteiger partial charge in [0.1, 0.15) is 5.69 Å². The second-order valence-electron chi connectivity index (χ2n) is 6.96. The van der Waals surface area contributed by atoms with Gasteiger partial charge in [-0.1, -0.05) is 5.16 Å². The maximum Gasteiger partial charge on any atom is 0.225 e. The number of nitrogens with zero attached hydrogens (tertiary/aromatic N) is 4. The molecule has 2 aromatic rings. The predicted octanol–water partition coefficient (Wildman–Crippen LogP) is 2.19. The summed E-state index contributed by atoms with van der Waals surface area (Å²) in [4.78, 5) is 20.6. The fourth-order valence-corrected chi connectivity index (χ4v) is 3.05. The van der Waals surface area contributed by atoms with Crippen LogP contribution in [-0.4, -0.2) is 64.7 Å². The second kappa shape index (κ2) is 8.42. The maximum absolute atomic E-state index is 12.5. The van der Waals surface area contributed by atoms with E-state index in [1.54, 1.807) is 24.3 Å². The van der Waals surface area contributed by atoms with Crippen LogP contribution in [0.25, 0.3) is 11.3 Å². The SMILES string of the molecule is CC(C)N1CCO[C@@H](CC(=O)N(C)Cc2cc(-c3cccnc3)no2)C1. The molecule has 1 aliphatic rings. The summed E-state index contributed by atoms with van der Waals surface area (Å²) in [5.41, 5.74) is 1.61. The number of amides is 1. The summed E-state index contributed by atoms with van der Waals surface area (Å²) < 4.78 is 11.1. The summed E-state index contributed by atoms with van der Waals surface area (Å²) in [5.74, 6) is 0.688. The smallest absolute Gasteiger partial charge is 0.225 e. The lowest BCUT2D eigenvalue weighted by Crippen LogP contribution is -2.47. The van der Waals surface area contributed by atoms with Crippen molar-refractivity contribution in [2.24, 2.45) is 0 Å². The van der Waals surface area contributed by atoms with E-state index in [1.165, 1.54) is 0 Å². The minimum atomic E-state index is -0.0539. The number of aromatic nitrogens is 2. The van der Waals surface area contributed by atoms with Gasteiger partial charge >= 0.3 is 0 Å². The molecule has 140 valence electrons. The number of carbonyl (C=O) groups excluding carboxylic acids is 1. The summed E-state index contributed by atoms with van der Waals surface area (Å²) in [6.07, 6.45) is 3.77. The summed E-state index contributed by atoms with van der Waals surface area (Å²) >= 11 is 0. The molecule has 1 amide bonds. The van der Waals surface area contributed by atoms with E-state index in [4.69, 9.17) is 9.26 Å². The molecule has 3 rings (SSSR count). The Balaban J connectivity index is 1.54. The molecule has 1 aliphatic heterocycles. The molecule has 0 aliphatic carbocycles. The molecule has 7 heteroatoms. The lowest BCUT2D eigenvalue weighted by molar-refractivity contribution is -0.136. The second-order valence-corrected chi connectivity index (χ2v) is 6.96. The Morgan fingerprint density at radius 2 is 2.31 bits per heavy atom. The molecular weight excluding hydrogens is 332 g/mol. The van der Waals surface area contributed by atoms with Crippen molar-refractivity contribution in [3.8, 4) is 11.3 Å². The van der Waals surface area contributed by atoms with Crippen molar-refractivity contribution < 1.29 is 14.1 Å². The molecule has 0 aromatic carbocycles. The van der Waals surface area contributed by atoms with Crippen LogP contribution in [0.4, 0.5) is 0 Å². The van der Waals surface area contributed by atoms with Crippen LogP contribution in [0.3, 0.4) is 0 Å². The molecule has 1 atom stereocenters. The zero-order chi connectivity index (χ0) is 18.5. The Morgan fingerprint density at radius 1 is 1.46 bits per heavy atom. The maximum atomic E-state index is 12.5. The van der Waals surface area contributed by atoms with Crippen LogP contribution in [0.15, 0.2) is 35.1 Å². The van der Waals surface area contributed by atoms with E-state index in [2.05, 4.69) is 28.9 Å². The van der Waals surface area contributed by atoms with Crippen molar-refractivity contribution in [1.29, 1.82) is 0 Å². The van der Waals surface area contributed by atoms with Crippen LogP contribution in [0.5, 0.6) is 0 Å². The molecule has 7 nitrogen and oxygen atoms in total. The van der Waals surface area contributed by atoms with Gasteiger partial charge in [0.15, 0.2) is 5.76 Å². The van der Waals surface area contributed by atoms with Gasteiger partial charge in [0, 0.05) is 50.2 Å². The van der Waals surface area contributed by atoms with Gasteiger partial charge in [0.2, 0.25) is 5.91 Å². The first-order chi connectivity index (χ1) is 12.5. The minimum absolute atomic E-state index is 0.0416. The van der Waals surface area contributed by atoms with Gasteiger partial charge < -0.3 is 14.2 Å². The molecule has 0 unspecified atom stereocenters. The molecule has 0 N–H and O–H groups in total. The Kier molecular flexibility index (Phi) is 6.00. The molecule has 2 aromatic heterocycles. The van der Waals surface area contributed by atoms with E-state index >= 15 is 0 Å². The van der Waals surface area contributed by atoms with Crippen LogP contribution < -0.4 is 0 Å². The summed E-state index contributed by atoms with van der Waals surface area (Å²) in [5, 5.41) is 4.06. The van der Waals surface area contributed by atoms with E-state index in [-0.39, 0.29) is 12.0 Å². The molecule has 0 bridgehead atoms. The third-order valence-corrected chi connectivity index (χ3v) is 4.64. The summed E-state index contributed by atoms with van der Waals surface area (Å²) in [6.45, 7) is 7.11. The Bertz CT molecular complexity index is 717.